The first-order valence-corrected chi connectivity index (χ1v) is 9.06. The number of hydrogen-bond acceptors (Lipinski definition) is 5. The standard InChI is InChI=1S/C19H22F3N5O.ClH/c1-27(2)16-7-8-23-19(26-16)25-13-5-3-12(4-6-13)24-18(28)11-9-14(20)17(22)15(21)10-11;/h7-10,12-13H,3-6H2,1-2H3,(H,24,28)(H,23,25,26);1H/t12-,13+;. The number of anilines is 2. The van der Waals surface area contributed by atoms with Crippen molar-refractivity contribution >= 4 is 30.1 Å². The first-order valence-electron chi connectivity index (χ1n) is 9.06. The summed E-state index contributed by atoms with van der Waals surface area (Å²) in [5, 5.41) is 6.06. The highest BCUT2D eigenvalue weighted by Gasteiger charge is 2.24. The lowest BCUT2D eigenvalue weighted by atomic mass is 9.91. The van der Waals surface area contributed by atoms with Crippen LogP contribution in [0.5, 0.6) is 0 Å². The minimum Gasteiger partial charge on any atom is -0.363 e. The summed E-state index contributed by atoms with van der Waals surface area (Å²) in [5.74, 6) is -3.59. The third-order valence-electron chi connectivity index (χ3n) is 4.74. The largest absolute Gasteiger partial charge is 0.363 e. The van der Waals surface area contributed by atoms with Gasteiger partial charge in [0.25, 0.3) is 5.91 Å². The molecular formula is C19H23ClF3N5O. The summed E-state index contributed by atoms with van der Waals surface area (Å²) in [4.78, 5) is 22.7. The van der Waals surface area contributed by atoms with Gasteiger partial charge in [-0.1, -0.05) is 0 Å². The van der Waals surface area contributed by atoms with Crippen molar-refractivity contribution < 1.29 is 18.0 Å². The first kappa shape index (κ1) is 22.7. The van der Waals surface area contributed by atoms with Gasteiger partial charge in [-0.2, -0.15) is 4.98 Å². The van der Waals surface area contributed by atoms with Crippen LogP contribution in [0.15, 0.2) is 24.4 Å². The van der Waals surface area contributed by atoms with Gasteiger partial charge in [-0.3, -0.25) is 4.79 Å². The zero-order chi connectivity index (χ0) is 20.3. The van der Waals surface area contributed by atoms with E-state index in [0.29, 0.717) is 30.9 Å². The van der Waals surface area contributed by atoms with Crippen LogP contribution in [0.4, 0.5) is 24.9 Å². The number of halogens is 4. The van der Waals surface area contributed by atoms with Crippen LogP contribution in [-0.4, -0.2) is 42.1 Å². The topological polar surface area (TPSA) is 70.2 Å². The monoisotopic (exact) mass is 429 g/mol. The lowest BCUT2D eigenvalue weighted by Gasteiger charge is -2.29. The van der Waals surface area contributed by atoms with E-state index >= 15 is 0 Å². The molecule has 6 nitrogen and oxygen atoms in total. The number of nitrogens with zero attached hydrogens (tertiary/aromatic N) is 3. The average Bonchev–Trinajstić information content (AvgIpc) is 2.67. The van der Waals surface area contributed by atoms with E-state index in [1.54, 1.807) is 6.20 Å². The van der Waals surface area contributed by atoms with E-state index in [0.717, 1.165) is 18.7 Å². The molecule has 0 saturated heterocycles. The Morgan fingerprint density at radius 2 is 1.66 bits per heavy atom. The molecule has 2 N–H and O–H groups in total. The Balaban J connectivity index is 0.00000300. The van der Waals surface area contributed by atoms with Crippen molar-refractivity contribution in [2.45, 2.75) is 37.8 Å². The van der Waals surface area contributed by atoms with E-state index < -0.39 is 23.4 Å². The second kappa shape index (κ2) is 9.78. The quantitative estimate of drug-likeness (QED) is 0.711. The molecular weight excluding hydrogens is 407 g/mol. The van der Waals surface area contributed by atoms with Crippen molar-refractivity contribution in [2.75, 3.05) is 24.3 Å². The maximum atomic E-state index is 13.3. The maximum Gasteiger partial charge on any atom is 0.251 e. The van der Waals surface area contributed by atoms with Crippen LogP contribution >= 0.6 is 12.4 Å². The highest BCUT2D eigenvalue weighted by atomic mass is 35.5. The van der Waals surface area contributed by atoms with E-state index in [-0.39, 0.29) is 30.1 Å². The zero-order valence-corrected chi connectivity index (χ0v) is 16.9. The molecule has 1 amide bonds. The highest BCUT2D eigenvalue weighted by molar-refractivity contribution is 5.94. The van der Waals surface area contributed by atoms with Crippen LogP contribution in [0.25, 0.3) is 0 Å². The number of aromatic nitrogens is 2. The van der Waals surface area contributed by atoms with Gasteiger partial charge < -0.3 is 15.5 Å². The highest BCUT2D eigenvalue weighted by Crippen LogP contribution is 2.22. The summed E-state index contributed by atoms with van der Waals surface area (Å²) in [5.41, 5.74) is -0.231. The number of rotatable bonds is 5. The predicted molar refractivity (Wildman–Crippen MR) is 107 cm³/mol. The molecule has 2 aromatic rings. The third kappa shape index (κ3) is 5.72. The van der Waals surface area contributed by atoms with Gasteiger partial charge in [-0.15, -0.1) is 12.4 Å². The molecule has 1 aromatic carbocycles. The lowest BCUT2D eigenvalue weighted by Crippen LogP contribution is -2.40. The van der Waals surface area contributed by atoms with Crippen LogP contribution < -0.4 is 15.5 Å². The normalized spacial score (nSPS) is 18.5. The van der Waals surface area contributed by atoms with E-state index in [9.17, 15) is 18.0 Å². The number of benzene rings is 1. The van der Waals surface area contributed by atoms with Crippen molar-refractivity contribution in [2.24, 2.45) is 0 Å². The van der Waals surface area contributed by atoms with Gasteiger partial charge in [0.05, 0.1) is 0 Å². The third-order valence-corrected chi connectivity index (χ3v) is 4.74. The summed E-state index contributed by atoms with van der Waals surface area (Å²) >= 11 is 0. The Kier molecular flexibility index (Phi) is 7.66. The van der Waals surface area contributed by atoms with Crippen LogP contribution in [0.3, 0.4) is 0 Å². The van der Waals surface area contributed by atoms with Crippen molar-refractivity contribution in [3.8, 4) is 0 Å². The Morgan fingerprint density at radius 1 is 1.07 bits per heavy atom. The van der Waals surface area contributed by atoms with E-state index in [4.69, 9.17) is 0 Å². The minimum absolute atomic E-state index is 0. The SMILES string of the molecule is CN(C)c1ccnc(N[C@H]2CC[C@@H](NC(=O)c3cc(F)c(F)c(F)c3)CC2)n1.Cl. The van der Waals surface area contributed by atoms with Crippen LogP contribution in [0.2, 0.25) is 0 Å². The molecule has 0 atom stereocenters. The van der Waals surface area contributed by atoms with Gasteiger partial charge in [0, 0.05) is 37.9 Å². The molecule has 1 aromatic heterocycles. The molecule has 1 saturated carbocycles. The molecule has 29 heavy (non-hydrogen) atoms. The van der Waals surface area contributed by atoms with Gasteiger partial charge >= 0.3 is 0 Å². The fraction of sp³-hybridized carbons (Fsp3) is 0.421. The molecule has 3 rings (SSSR count). The van der Waals surface area contributed by atoms with E-state index in [1.165, 1.54) is 0 Å². The zero-order valence-electron chi connectivity index (χ0n) is 16.1. The molecule has 0 unspecified atom stereocenters. The predicted octanol–water partition coefficient (Wildman–Crippen LogP) is 3.53. The Bertz CT molecular complexity index is 836. The van der Waals surface area contributed by atoms with Gasteiger partial charge in [0.2, 0.25) is 5.95 Å². The fourth-order valence-electron chi connectivity index (χ4n) is 3.19. The fourth-order valence-corrected chi connectivity index (χ4v) is 3.19. The summed E-state index contributed by atoms with van der Waals surface area (Å²) in [6.45, 7) is 0. The molecule has 0 aliphatic heterocycles. The number of carbonyl (C=O) groups excluding carboxylic acids is 1. The molecule has 158 valence electrons. The molecule has 1 fully saturated rings. The summed E-state index contributed by atoms with van der Waals surface area (Å²) in [7, 11) is 3.80. The molecule has 0 spiro atoms. The summed E-state index contributed by atoms with van der Waals surface area (Å²) < 4.78 is 39.6. The molecule has 0 bridgehead atoms. The second-order valence-corrected chi connectivity index (χ2v) is 7.05. The van der Waals surface area contributed by atoms with Gasteiger partial charge in [-0.05, 0) is 43.9 Å². The molecule has 1 heterocycles. The number of carbonyl (C=O) groups is 1. The molecule has 0 radical (unpaired) electrons. The first-order chi connectivity index (χ1) is 13.3. The Morgan fingerprint density at radius 3 is 2.24 bits per heavy atom. The average molecular weight is 430 g/mol. The summed E-state index contributed by atoms with van der Waals surface area (Å²) in [6.07, 6.45) is 4.66. The summed E-state index contributed by atoms with van der Waals surface area (Å²) in [6, 6.07) is 3.28. The van der Waals surface area contributed by atoms with Crippen molar-refractivity contribution in [3.63, 3.8) is 0 Å². The minimum atomic E-state index is -1.58. The Labute approximate surface area is 173 Å². The number of nitrogens with one attached hydrogen (secondary N) is 2. The molecule has 1 aliphatic rings. The van der Waals surface area contributed by atoms with Crippen LogP contribution in [-0.2, 0) is 0 Å². The molecule has 1 aliphatic carbocycles. The smallest absolute Gasteiger partial charge is 0.251 e. The van der Waals surface area contributed by atoms with E-state index in [2.05, 4.69) is 20.6 Å². The number of hydrogen-bond donors (Lipinski definition) is 2. The van der Waals surface area contributed by atoms with Crippen molar-refractivity contribution in [3.05, 3.63) is 47.4 Å². The van der Waals surface area contributed by atoms with Gasteiger partial charge in [0.1, 0.15) is 5.82 Å². The van der Waals surface area contributed by atoms with Crippen molar-refractivity contribution in [1.29, 1.82) is 0 Å². The lowest BCUT2D eigenvalue weighted by molar-refractivity contribution is 0.0925. The maximum absolute atomic E-state index is 13.3. The molecule has 10 heteroatoms. The van der Waals surface area contributed by atoms with Crippen LogP contribution in [0, 0.1) is 17.5 Å². The second-order valence-electron chi connectivity index (χ2n) is 7.05. The van der Waals surface area contributed by atoms with Gasteiger partial charge in [0.15, 0.2) is 17.5 Å². The number of amides is 1. The Hall–Kier alpha value is -2.55. The van der Waals surface area contributed by atoms with Crippen LogP contribution in [0.1, 0.15) is 36.0 Å². The van der Waals surface area contributed by atoms with Crippen molar-refractivity contribution in [1.82, 2.24) is 15.3 Å². The van der Waals surface area contributed by atoms with Gasteiger partial charge in [-0.25, -0.2) is 18.2 Å². The van der Waals surface area contributed by atoms with E-state index in [1.807, 2.05) is 25.1 Å².